The molecule has 3 aromatic carbocycles. The minimum absolute atomic E-state index is 0.0471. The van der Waals surface area contributed by atoms with E-state index in [9.17, 15) is 22.8 Å². The molecule has 5 rings (SSSR count). The van der Waals surface area contributed by atoms with Crippen LogP contribution in [0.4, 0.5) is 15.3 Å². The normalized spacial score (nSPS) is 20.1. The number of hydrogen-bond acceptors (Lipinski definition) is 11. The smallest absolute Gasteiger partial charge is 0.428 e. The number of rotatable bonds is 10. The first-order valence-corrected chi connectivity index (χ1v) is 20.7. The number of benzene rings is 3. The molecule has 2 saturated carbocycles. The molecule has 0 aliphatic heterocycles. The third-order valence-electron chi connectivity index (χ3n) is 9.95. The van der Waals surface area contributed by atoms with Crippen molar-refractivity contribution in [1.82, 2.24) is 0 Å². The summed E-state index contributed by atoms with van der Waals surface area (Å²) in [5.74, 6) is -0.0492. The number of anilines is 1. The minimum atomic E-state index is -4.45. The Hall–Kier alpha value is -4.07. The van der Waals surface area contributed by atoms with Crippen molar-refractivity contribution in [3.8, 4) is 11.5 Å². The molecule has 0 spiro atoms. The van der Waals surface area contributed by atoms with Crippen molar-refractivity contribution in [3.05, 3.63) is 72.8 Å². The van der Waals surface area contributed by atoms with Crippen LogP contribution in [0.5, 0.6) is 11.5 Å². The van der Waals surface area contributed by atoms with E-state index in [1.165, 1.54) is 0 Å². The first-order valence-electron chi connectivity index (χ1n) is 17.6. The number of hydrogen-bond donors (Lipinski definition) is 0. The topological polar surface area (TPSA) is 135 Å². The van der Waals surface area contributed by atoms with Gasteiger partial charge >= 0.3 is 12.3 Å². The van der Waals surface area contributed by atoms with Crippen LogP contribution in [0.15, 0.2) is 87.5 Å². The average molecular weight is 770 g/mol. The number of nitrogens with zero attached hydrogens (tertiary/aromatic N) is 1. The summed E-state index contributed by atoms with van der Waals surface area (Å²) in [6.45, 7) is 14.3. The summed E-state index contributed by atoms with van der Waals surface area (Å²) in [7, 11) is -3.80. The number of Topliss-reactive ketones (excluding diaryl/α,β-unsaturated/α-hetero) is 1. The standard InChI is InChI=1S/C40H51NO10S2/c1-37(2,3)49-35(43)47-29-13-19-32(20-14-29)53(31-17-11-28(12-18-31)41(9)10,33-21-15-30(16-22-33)48-36(44)50-38(4,5)6)51-52(45,46)26-40-24-23-27(25-34(40)42)39(40,7)8/h11-22,27H,23-26H2,1-10H3. The quantitative estimate of drug-likeness (QED) is 0.144. The molecular formula is C40H51NO10S2. The second-order valence-electron chi connectivity index (χ2n) is 16.5. The molecule has 13 heteroatoms. The second kappa shape index (κ2) is 14.3. The van der Waals surface area contributed by atoms with Crippen LogP contribution in [0.25, 0.3) is 0 Å². The van der Waals surface area contributed by atoms with Gasteiger partial charge in [-0.25, -0.2) is 13.2 Å². The zero-order chi connectivity index (χ0) is 39.2. The first kappa shape index (κ1) is 40.1. The summed E-state index contributed by atoms with van der Waals surface area (Å²) in [6, 6.07) is 20.2. The Bertz CT molecular complexity index is 1870. The first-order chi connectivity index (χ1) is 24.5. The predicted octanol–water partition coefficient (Wildman–Crippen LogP) is 9.32. The van der Waals surface area contributed by atoms with Crippen LogP contribution in [-0.4, -0.2) is 57.6 Å². The van der Waals surface area contributed by atoms with Gasteiger partial charge in [0, 0.05) is 40.9 Å². The molecular weight excluding hydrogens is 719 g/mol. The summed E-state index contributed by atoms with van der Waals surface area (Å²) in [5.41, 5.74) is -2.27. The lowest BCUT2D eigenvalue weighted by atomic mass is 9.70. The molecule has 3 aromatic rings. The van der Waals surface area contributed by atoms with E-state index in [2.05, 4.69) is 0 Å². The lowest BCUT2D eigenvalue weighted by molar-refractivity contribution is -0.128. The summed E-state index contributed by atoms with van der Waals surface area (Å²) >= 11 is 0. The lowest BCUT2D eigenvalue weighted by Crippen LogP contribution is -2.42. The SMILES string of the molecule is CN(C)c1ccc(S(OS(=O)(=O)CC23CCC(CC2=O)C3(C)C)(c2ccc(OC(=O)OC(C)(C)C)cc2)c2ccc(OC(=O)OC(C)(C)C)cc2)cc1. The highest BCUT2D eigenvalue weighted by Gasteiger charge is 2.66. The molecule has 2 aliphatic carbocycles. The van der Waals surface area contributed by atoms with E-state index in [1.807, 2.05) is 57.1 Å². The zero-order valence-corrected chi connectivity index (χ0v) is 33.8. The van der Waals surface area contributed by atoms with Gasteiger partial charge in [-0.1, -0.05) is 13.8 Å². The maximum Gasteiger partial charge on any atom is 0.514 e. The molecule has 288 valence electrons. The van der Waals surface area contributed by atoms with Gasteiger partial charge in [0.1, 0.15) is 28.5 Å². The van der Waals surface area contributed by atoms with Crippen LogP contribution < -0.4 is 14.4 Å². The number of fused-ring (bicyclic) bond motifs is 2. The minimum Gasteiger partial charge on any atom is -0.428 e. The van der Waals surface area contributed by atoms with Crippen LogP contribution in [0.2, 0.25) is 0 Å². The highest BCUT2D eigenvalue weighted by Crippen LogP contribution is 2.71. The molecule has 0 amide bonds. The van der Waals surface area contributed by atoms with E-state index in [0.29, 0.717) is 27.5 Å². The van der Waals surface area contributed by atoms with Crippen LogP contribution in [-0.2, 0) is 28.0 Å². The number of carbonyl (C=O) groups excluding carboxylic acids is 3. The van der Waals surface area contributed by atoms with Gasteiger partial charge in [-0.2, -0.15) is 8.42 Å². The van der Waals surface area contributed by atoms with Crippen molar-refractivity contribution in [3.63, 3.8) is 0 Å². The number of carbonyl (C=O) groups is 3. The van der Waals surface area contributed by atoms with Gasteiger partial charge in [-0.15, -0.1) is 0 Å². The van der Waals surface area contributed by atoms with E-state index in [4.69, 9.17) is 22.6 Å². The van der Waals surface area contributed by atoms with Crippen molar-refractivity contribution >= 4 is 44.2 Å². The molecule has 53 heavy (non-hydrogen) atoms. The Balaban J connectivity index is 1.65. The molecule has 0 heterocycles. The highest BCUT2D eigenvalue weighted by molar-refractivity contribution is 8.33. The monoisotopic (exact) mass is 769 g/mol. The maximum atomic E-state index is 14.7. The Labute approximate surface area is 314 Å². The third-order valence-corrected chi connectivity index (χ3v) is 15.2. The number of ketones is 1. The third kappa shape index (κ3) is 8.52. The summed E-state index contributed by atoms with van der Waals surface area (Å²) < 4.78 is 57.5. The van der Waals surface area contributed by atoms with Crippen LogP contribution in [0.1, 0.15) is 74.7 Å². The van der Waals surface area contributed by atoms with Crippen LogP contribution in [0, 0.1) is 16.7 Å². The fourth-order valence-corrected chi connectivity index (χ4v) is 13.2. The van der Waals surface area contributed by atoms with E-state index in [0.717, 1.165) is 12.1 Å². The van der Waals surface area contributed by atoms with Gasteiger partial charge in [-0.3, -0.25) is 4.79 Å². The largest absolute Gasteiger partial charge is 0.514 e. The van der Waals surface area contributed by atoms with E-state index in [-0.39, 0.29) is 23.2 Å². The molecule has 11 nitrogen and oxygen atoms in total. The van der Waals surface area contributed by atoms with Gasteiger partial charge in [0.05, 0.1) is 11.2 Å². The van der Waals surface area contributed by atoms with Crippen molar-refractivity contribution in [2.75, 3.05) is 24.7 Å². The van der Waals surface area contributed by atoms with E-state index < -0.39 is 60.5 Å². The summed E-state index contributed by atoms with van der Waals surface area (Å²) in [6.07, 6.45) is -0.179. The summed E-state index contributed by atoms with van der Waals surface area (Å²) in [4.78, 5) is 41.9. The van der Waals surface area contributed by atoms with Gasteiger partial charge in [0.25, 0.3) is 10.1 Å². The molecule has 0 aromatic heterocycles. The van der Waals surface area contributed by atoms with Crippen LogP contribution >= 0.6 is 10.3 Å². The molecule has 0 radical (unpaired) electrons. The molecule has 0 saturated heterocycles. The molecule has 2 atom stereocenters. The van der Waals surface area contributed by atoms with E-state index >= 15 is 0 Å². The van der Waals surface area contributed by atoms with Crippen LogP contribution in [0.3, 0.4) is 0 Å². The lowest BCUT2D eigenvalue weighted by Gasteiger charge is -2.42. The Morgan fingerprint density at radius 2 is 1.15 bits per heavy atom. The Morgan fingerprint density at radius 1 is 0.736 bits per heavy atom. The van der Waals surface area contributed by atoms with Crippen molar-refractivity contribution in [2.24, 2.45) is 16.7 Å². The highest BCUT2D eigenvalue weighted by atomic mass is 32.3. The summed E-state index contributed by atoms with van der Waals surface area (Å²) in [5, 5.41) is 0. The van der Waals surface area contributed by atoms with Gasteiger partial charge < -0.3 is 23.8 Å². The van der Waals surface area contributed by atoms with Crippen molar-refractivity contribution in [1.29, 1.82) is 0 Å². The average Bonchev–Trinajstić information content (AvgIpc) is 3.37. The molecule has 0 N–H and O–H groups in total. The van der Waals surface area contributed by atoms with Crippen molar-refractivity contribution < 1.29 is 45.4 Å². The maximum absolute atomic E-state index is 14.7. The molecule has 2 bridgehead atoms. The van der Waals surface area contributed by atoms with Gasteiger partial charge in [-0.05, 0) is 149 Å². The zero-order valence-electron chi connectivity index (χ0n) is 32.2. The Kier molecular flexibility index (Phi) is 10.8. The fourth-order valence-electron chi connectivity index (χ4n) is 7.18. The molecule has 2 fully saturated rings. The predicted molar refractivity (Wildman–Crippen MR) is 203 cm³/mol. The van der Waals surface area contributed by atoms with Gasteiger partial charge in [0.15, 0.2) is 0 Å². The molecule has 2 unspecified atom stereocenters. The second-order valence-corrected chi connectivity index (χ2v) is 20.9. The van der Waals surface area contributed by atoms with Crippen molar-refractivity contribution in [2.45, 2.75) is 101 Å². The van der Waals surface area contributed by atoms with E-state index in [1.54, 1.807) is 90.1 Å². The van der Waals surface area contributed by atoms with Gasteiger partial charge in [0.2, 0.25) is 0 Å². The fraction of sp³-hybridized carbons (Fsp3) is 0.475. The molecule has 2 aliphatic rings. The number of ether oxygens (including phenoxy) is 4. The Morgan fingerprint density at radius 3 is 1.49 bits per heavy atom.